The summed E-state index contributed by atoms with van der Waals surface area (Å²) in [6.45, 7) is 3.84. The van der Waals surface area contributed by atoms with Gasteiger partial charge >= 0.3 is 0 Å². The highest BCUT2D eigenvalue weighted by atomic mass is 16.7. The van der Waals surface area contributed by atoms with Gasteiger partial charge in [0, 0.05) is 19.6 Å². The van der Waals surface area contributed by atoms with E-state index in [1.165, 1.54) is 48.9 Å². The molecule has 29 heavy (non-hydrogen) atoms. The van der Waals surface area contributed by atoms with Crippen molar-refractivity contribution in [2.24, 2.45) is 5.92 Å². The molecule has 0 spiro atoms. The van der Waals surface area contributed by atoms with E-state index in [-0.39, 0.29) is 0 Å². The number of nitrogens with zero attached hydrogens (tertiary/aromatic N) is 1. The molecule has 0 saturated heterocycles. The van der Waals surface area contributed by atoms with E-state index in [1.54, 1.807) is 7.11 Å². The van der Waals surface area contributed by atoms with Crippen molar-refractivity contribution in [2.45, 2.75) is 44.4 Å². The molecule has 4 nitrogen and oxygen atoms in total. The molecule has 0 bridgehead atoms. The molecule has 5 rings (SSSR count). The van der Waals surface area contributed by atoms with Crippen LogP contribution in [0.1, 0.15) is 48.3 Å². The summed E-state index contributed by atoms with van der Waals surface area (Å²) in [4.78, 5) is 2.71. The van der Waals surface area contributed by atoms with E-state index >= 15 is 0 Å². The molecule has 4 heteroatoms. The fraction of sp³-hybridized carbons (Fsp3) is 0.520. The minimum absolute atomic E-state index is 0.344. The Bertz CT molecular complexity index is 861. The third kappa shape index (κ3) is 4.23. The van der Waals surface area contributed by atoms with Crippen LogP contribution in [-0.4, -0.2) is 38.4 Å². The van der Waals surface area contributed by atoms with Crippen LogP contribution in [0.15, 0.2) is 36.4 Å². The lowest BCUT2D eigenvalue weighted by Crippen LogP contribution is -2.33. The van der Waals surface area contributed by atoms with E-state index in [9.17, 15) is 0 Å². The van der Waals surface area contributed by atoms with E-state index in [0.29, 0.717) is 12.7 Å². The number of hydrogen-bond acceptors (Lipinski definition) is 4. The molecule has 154 valence electrons. The summed E-state index contributed by atoms with van der Waals surface area (Å²) in [5.41, 5.74) is 4.29. The van der Waals surface area contributed by atoms with Gasteiger partial charge in [0.05, 0.1) is 7.11 Å². The first-order valence-electron chi connectivity index (χ1n) is 11.1. The quantitative estimate of drug-likeness (QED) is 0.645. The zero-order valence-corrected chi connectivity index (χ0v) is 17.4. The average molecular weight is 394 g/mol. The molecular formula is C25H31NO3. The van der Waals surface area contributed by atoms with Crippen molar-refractivity contribution >= 4 is 0 Å². The van der Waals surface area contributed by atoms with Crippen molar-refractivity contribution in [1.82, 2.24) is 4.90 Å². The fourth-order valence-electron chi connectivity index (χ4n) is 4.91. The fourth-order valence-corrected chi connectivity index (χ4v) is 4.91. The second-order valence-corrected chi connectivity index (χ2v) is 8.76. The van der Waals surface area contributed by atoms with E-state index in [2.05, 4.69) is 35.2 Å². The van der Waals surface area contributed by atoms with E-state index in [1.807, 2.05) is 6.07 Å². The predicted molar refractivity (Wildman–Crippen MR) is 114 cm³/mol. The smallest absolute Gasteiger partial charge is 0.231 e. The number of hydrogen-bond donors (Lipinski definition) is 0. The maximum atomic E-state index is 5.65. The van der Waals surface area contributed by atoms with Gasteiger partial charge < -0.3 is 19.1 Å². The molecule has 0 radical (unpaired) electrons. The molecule has 2 aliphatic carbocycles. The van der Waals surface area contributed by atoms with Crippen LogP contribution in [0.5, 0.6) is 17.2 Å². The van der Waals surface area contributed by atoms with Crippen LogP contribution < -0.4 is 14.2 Å². The number of ether oxygens (including phenoxy) is 3. The molecule has 1 saturated carbocycles. The summed E-state index contributed by atoms with van der Waals surface area (Å²) in [5, 5.41) is 0. The Morgan fingerprint density at radius 1 is 1.03 bits per heavy atom. The van der Waals surface area contributed by atoms with E-state index < -0.39 is 0 Å². The lowest BCUT2D eigenvalue weighted by atomic mass is 9.82. The molecule has 2 aromatic rings. The van der Waals surface area contributed by atoms with Gasteiger partial charge in [0.1, 0.15) is 5.75 Å². The summed E-state index contributed by atoms with van der Waals surface area (Å²) in [7, 11) is 1.80. The Kier molecular flexibility index (Phi) is 5.36. The Morgan fingerprint density at radius 3 is 2.79 bits per heavy atom. The monoisotopic (exact) mass is 393 g/mol. The predicted octanol–water partition coefficient (Wildman–Crippen LogP) is 4.80. The number of benzene rings is 2. The van der Waals surface area contributed by atoms with Crippen LogP contribution in [-0.2, 0) is 12.8 Å². The summed E-state index contributed by atoms with van der Waals surface area (Å²) < 4.78 is 16.7. The van der Waals surface area contributed by atoms with Gasteiger partial charge in [0.25, 0.3) is 0 Å². The van der Waals surface area contributed by atoms with Crippen LogP contribution in [0, 0.1) is 5.92 Å². The largest absolute Gasteiger partial charge is 0.496 e. The first kappa shape index (κ1) is 18.8. The second-order valence-electron chi connectivity index (χ2n) is 8.76. The topological polar surface area (TPSA) is 30.9 Å². The van der Waals surface area contributed by atoms with Crippen LogP contribution in [0.3, 0.4) is 0 Å². The van der Waals surface area contributed by atoms with Gasteiger partial charge in [-0.3, -0.25) is 0 Å². The normalized spacial score (nSPS) is 20.0. The number of fused-ring (bicyclic) bond motifs is 2. The van der Waals surface area contributed by atoms with Crippen molar-refractivity contribution in [2.75, 3.05) is 33.5 Å². The van der Waals surface area contributed by atoms with Crippen LogP contribution in [0.4, 0.5) is 0 Å². The SMILES string of the molecule is COc1cccc2c1CCC[C@H]2CN(CCc1ccc2c(c1)OCO2)CC1CC1. The van der Waals surface area contributed by atoms with Gasteiger partial charge in [-0.25, -0.2) is 0 Å². The van der Waals surface area contributed by atoms with Crippen molar-refractivity contribution in [3.63, 3.8) is 0 Å². The number of rotatable bonds is 8. The molecule has 0 amide bonds. The maximum absolute atomic E-state index is 5.65. The molecule has 1 aliphatic heterocycles. The molecule has 1 atom stereocenters. The molecule has 2 aromatic carbocycles. The summed E-state index contributed by atoms with van der Waals surface area (Å²) in [5.74, 6) is 4.35. The Balaban J connectivity index is 1.28. The molecular weight excluding hydrogens is 362 g/mol. The summed E-state index contributed by atoms with van der Waals surface area (Å²) in [6, 6.07) is 13.0. The van der Waals surface area contributed by atoms with Gasteiger partial charge in [0.15, 0.2) is 11.5 Å². The standard InChI is InChI=1S/C25H31NO3/c1-27-23-7-3-5-21-20(4-2-6-22(21)23)16-26(15-19-8-9-19)13-12-18-10-11-24-25(14-18)29-17-28-24/h3,5,7,10-11,14,19-20H,2,4,6,8-9,12-13,15-17H2,1H3/t20-/m0/s1. The molecule has 1 fully saturated rings. The van der Waals surface area contributed by atoms with Crippen LogP contribution in [0.2, 0.25) is 0 Å². The van der Waals surface area contributed by atoms with E-state index in [4.69, 9.17) is 14.2 Å². The van der Waals surface area contributed by atoms with Crippen LogP contribution in [0.25, 0.3) is 0 Å². The lowest BCUT2D eigenvalue weighted by molar-refractivity contribution is 0.174. The van der Waals surface area contributed by atoms with Crippen molar-refractivity contribution in [1.29, 1.82) is 0 Å². The summed E-state index contributed by atoms with van der Waals surface area (Å²) in [6.07, 6.45) is 7.55. The zero-order valence-electron chi connectivity index (χ0n) is 17.4. The Hall–Kier alpha value is -2.20. The average Bonchev–Trinajstić information content (AvgIpc) is 3.45. The molecule has 0 N–H and O–H groups in total. The Morgan fingerprint density at radius 2 is 1.93 bits per heavy atom. The van der Waals surface area contributed by atoms with Gasteiger partial charge in [0.2, 0.25) is 6.79 Å². The third-order valence-corrected chi connectivity index (χ3v) is 6.65. The zero-order chi connectivity index (χ0) is 19.6. The van der Waals surface area contributed by atoms with Gasteiger partial charge in [-0.1, -0.05) is 18.2 Å². The highest BCUT2D eigenvalue weighted by Crippen LogP contribution is 2.38. The highest BCUT2D eigenvalue weighted by molar-refractivity contribution is 5.45. The maximum Gasteiger partial charge on any atom is 0.231 e. The van der Waals surface area contributed by atoms with Gasteiger partial charge in [-0.15, -0.1) is 0 Å². The van der Waals surface area contributed by atoms with Crippen molar-refractivity contribution < 1.29 is 14.2 Å². The van der Waals surface area contributed by atoms with Gasteiger partial charge in [-0.2, -0.15) is 0 Å². The van der Waals surface area contributed by atoms with Crippen molar-refractivity contribution in [3.8, 4) is 17.2 Å². The lowest BCUT2D eigenvalue weighted by Gasteiger charge is -2.32. The van der Waals surface area contributed by atoms with Gasteiger partial charge in [-0.05, 0) is 85.3 Å². The first-order valence-corrected chi connectivity index (χ1v) is 11.1. The molecule has 0 unspecified atom stereocenters. The third-order valence-electron chi connectivity index (χ3n) is 6.65. The molecule has 1 heterocycles. The second kappa shape index (κ2) is 8.27. The minimum atomic E-state index is 0.344. The minimum Gasteiger partial charge on any atom is -0.496 e. The summed E-state index contributed by atoms with van der Waals surface area (Å²) >= 11 is 0. The Labute approximate surface area is 173 Å². The number of methoxy groups -OCH3 is 1. The van der Waals surface area contributed by atoms with Crippen LogP contribution >= 0.6 is 0 Å². The molecule has 0 aromatic heterocycles. The first-order chi connectivity index (χ1) is 14.3. The highest BCUT2D eigenvalue weighted by Gasteiger charge is 2.28. The van der Waals surface area contributed by atoms with Crippen molar-refractivity contribution in [3.05, 3.63) is 53.1 Å². The van der Waals surface area contributed by atoms with E-state index in [0.717, 1.165) is 49.1 Å². The molecule has 3 aliphatic rings.